The lowest BCUT2D eigenvalue weighted by Gasteiger charge is -2.18. The molecule has 1 heterocycles. The summed E-state index contributed by atoms with van der Waals surface area (Å²) >= 11 is 0. The van der Waals surface area contributed by atoms with Gasteiger partial charge in [-0.05, 0) is 36.0 Å². The highest BCUT2D eigenvalue weighted by Crippen LogP contribution is 2.52. The van der Waals surface area contributed by atoms with Crippen molar-refractivity contribution in [1.29, 1.82) is 0 Å². The van der Waals surface area contributed by atoms with E-state index in [1.807, 2.05) is 6.07 Å². The van der Waals surface area contributed by atoms with E-state index in [2.05, 4.69) is 27.8 Å². The third-order valence-corrected chi connectivity index (χ3v) is 6.15. The van der Waals surface area contributed by atoms with Crippen LogP contribution in [0.1, 0.15) is 12.0 Å². The van der Waals surface area contributed by atoms with E-state index in [4.69, 9.17) is 4.74 Å². The number of halogens is 3. The third kappa shape index (κ3) is 5.05. The minimum Gasteiger partial charge on any atom is -0.488 e. The highest BCUT2D eigenvalue weighted by Gasteiger charge is 2.58. The molecule has 4 rings (SSSR count). The van der Waals surface area contributed by atoms with Gasteiger partial charge in [-0.2, -0.15) is 0 Å². The van der Waals surface area contributed by atoms with Crippen LogP contribution >= 0.6 is 24.0 Å². The number of nitrogens with one attached hydrogen (secondary N) is 2. The lowest BCUT2D eigenvalue weighted by molar-refractivity contribution is -0.140. The molecule has 1 saturated heterocycles. The Morgan fingerprint density at radius 2 is 1.88 bits per heavy atom. The van der Waals surface area contributed by atoms with Crippen LogP contribution in [0.25, 0.3) is 0 Å². The van der Waals surface area contributed by atoms with Crippen LogP contribution in [0.2, 0.25) is 0 Å². The van der Waals surface area contributed by atoms with Gasteiger partial charge in [0.25, 0.3) is 6.43 Å². The number of benzene rings is 1. The zero-order valence-electron chi connectivity index (χ0n) is 17.7. The first kappa shape index (κ1) is 24.4. The van der Waals surface area contributed by atoms with Crippen LogP contribution < -0.4 is 15.4 Å². The molecule has 2 aliphatic carbocycles. The van der Waals surface area contributed by atoms with Gasteiger partial charge in [-0.25, -0.2) is 8.78 Å². The molecule has 1 aromatic rings. The van der Waals surface area contributed by atoms with Crippen LogP contribution in [-0.2, 0) is 16.1 Å². The van der Waals surface area contributed by atoms with Gasteiger partial charge in [-0.1, -0.05) is 24.3 Å². The summed E-state index contributed by atoms with van der Waals surface area (Å²) in [6.45, 7) is 0.443. The molecule has 3 aliphatic rings. The Kier molecular flexibility index (Phi) is 8.07. The third-order valence-electron chi connectivity index (χ3n) is 6.15. The zero-order valence-corrected chi connectivity index (χ0v) is 20.0. The van der Waals surface area contributed by atoms with E-state index in [9.17, 15) is 18.4 Å². The second-order valence-corrected chi connectivity index (χ2v) is 8.03. The van der Waals surface area contributed by atoms with Crippen LogP contribution in [0.5, 0.6) is 5.75 Å². The number of ether oxygens (including phenoxy) is 1. The number of carbonyl (C=O) groups is 2. The standard InChI is InChI=1S/C22H26F2N4O3.HI/c1-25-22(27-11-13-3-2-4-16(9-13)31-12-17(23)24)26-7-8-28-20(29)18-14-5-6-15(10-14)19(18)21(28)30;/h2-6,9,14-15,17-19H,7-8,10-12H2,1H3,(H2,25,26,27);1H. The molecule has 7 nitrogen and oxygen atoms in total. The van der Waals surface area contributed by atoms with Gasteiger partial charge in [-0.15, -0.1) is 24.0 Å². The summed E-state index contributed by atoms with van der Waals surface area (Å²) in [5.41, 5.74) is 0.843. The maximum absolute atomic E-state index is 12.7. The fourth-order valence-electron chi connectivity index (χ4n) is 4.78. The van der Waals surface area contributed by atoms with Crippen molar-refractivity contribution in [2.75, 3.05) is 26.7 Å². The number of imide groups is 1. The van der Waals surface area contributed by atoms with E-state index < -0.39 is 13.0 Å². The van der Waals surface area contributed by atoms with Crippen molar-refractivity contribution in [1.82, 2.24) is 15.5 Å². The molecule has 0 radical (unpaired) electrons. The summed E-state index contributed by atoms with van der Waals surface area (Å²) in [7, 11) is 1.62. The second-order valence-electron chi connectivity index (χ2n) is 8.03. The molecule has 2 N–H and O–H groups in total. The Morgan fingerprint density at radius 1 is 1.19 bits per heavy atom. The van der Waals surface area contributed by atoms with Gasteiger partial charge in [0.1, 0.15) is 12.4 Å². The maximum atomic E-state index is 12.7. The maximum Gasteiger partial charge on any atom is 0.272 e. The predicted octanol–water partition coefficient (Wildman–Crippen LogP) is 2.42. The van der Waals surface area contributed by atoms with Gasteiger partial charge in [0, 0.05) is 26.7 Å². The van der Waals surface area contributed by atoms with Crippen molar-refractivity contribution < 1.29 is 23.1 Å². The van der Waals surface area contributed by atoms with E-state index in [0.717, 1.165) is 12.0 Å². The van der Waals surface area contributed by atoms with Gasteiger partial charge >= 0.3 is 0 Å². The minimum absolute atomic E-state index is 0. The molecule has 174 valence electrons. The van der Waals surface area contributed by atoms with Crippen LogP contribution in [0.3, 0.4) is 0 Å². The molecule has 4 atom stereocenters. The monoisotopic (exact) mass is 560 g/mol. The fraction of sp³-hybridized carbons (Fsp3) is 0.500. The number of hydrogen-bond acceptors (Lipinski definition) is 4. The van der Waals surface area contributed by atoms with E-state index in [-0.39, 0.29) is 59.5 Å². The van der Waals surface area contributed by atoms with E-state index in [1.165, 1.54) is 4.90 Å². The van der Waals surface area contributed by atoms with Crippen molar-refractivity contribution in [3.8, 4) is 5.75 Å². The van der Waals surface area contributed by atoms with Gasteiger partial charge in [-0.3, -0.25) is 19.5 Å². The number of carbonyl (C=O) groups excluding carboxylic acids is 2. The molecule has 10 heteroatoms. The van der Waals surface area contributed by atoms with Gasteiger partial charge in [0.15, 0.2) is 5.96 Å². The van der Waals surface area contributed by atoms with Gasteiger partial charge < -0.3 is 15.4 Å². The molecule has 2 amide bonds. The average molecular weight is 560 g/mol. The molecule has 2 bridgehead atoms. The summed E-state index contributed by atoms with van der Waals surface area (Å²) in [6, 6.07) is 6.89. The Hall–Kier alpha value is -2.24. The van der Waals surface area contributed by atoms with Crippen LogP contribution in [-0.4, -0.2) is 55.8 Å². The molecule has 0 spiro atoms. The Morgan fingerprint density at radius 3 is 2.50 bits per heavy atom. The van der Waals surface area contributed by atoms with E-state index in [0.29, 0.717) is 31.3 Å². The van der Waals surface area contributed by atoms with Crippen molar-refractivity contribution in [3.63, 3.8) is 0 Å². The molecule has 2 fully saturated rings. The first-order chi connectivity index (χ1) is 15.0. The number of amides is 2. The van der Waals surface area contributed by atoms with E-state index in [1.54, 1.807) is 25.2 Å². The van der Waals surface area contributed by atoms with E-state index >= 15 is 0 Å². The van der Waals surface area contributed by atoms with Crippen LogP contribution in [0.4, 0.5) is 8.78 Å². The van der Waals surface area contributed by atoms with Crippen molar-refractivity contribution in [3.05, 3.63) is 42.0 Å². The SMILES string of the molecule is CN=C(NCCN1C(=O)C2C3C=CC(C3)C2C1=O)NCc1cccc(OCC(F)F)c1.I. The van der Waals surface area contributed by atoms with Crippen molar-refractivity contribution in [2.45, 2.75) is 19.4 Å². The molecule has 1 saturated carbocycles. The summed E-state index contributed by atoms with van der Waals surface area (Å²) in [6.07, 6.45) is 2.56. The van der Waals surface area contributed by atoms with Crippen LogP contribution in [0, 0.1) is 23.7 Å². The highest BCUT2D eigenvalue weighted by atomic mass is 127. The number of fused-ring (bicyclic) bond motifs is 5. The number of alkyl halides is 2. The van der Waals surface area contributed by atoms with Crippen molar-refractivity contribution in [2.24, 2.45) is 28.7 Å². The molecule has 0 aromatic heterocycles. The number of allylic oxidation sites excluding steroid dienone is 2. The lowest BCUT2D eigenvalue weighted by atomic mass is 9.85. The Balaban J connectivity index is 0.00000289. The van der Waals surface area contributed by atoms with Crippen LogP contribution in [0.15, 0.2) is 41.4 Å². The molecular weight excluding hydrogens is 533 g/mol. The quantitative estimate of drug-likeness (QED) is 0.168. The first-order valence-corrected chi connectivity index (χ1v) is 10.5. The zero-order chi connectivity index (χ0) is 22.0. The minimum atomic E-state index is -2.52. The molecule has 1 aliphatic heterocycles. The number of likely N-dealkylation sites (tertiary alicyclic amines) is 1. The first-order valence-electron chi connectivity index (χ1n) is 10.5. The largest absolute Gasteiger partial charge is 0.488 e. The summed E-state index contributed by atoms with van der Waals surface area (Å²) in [5.74, 6) is 0.828. The number of rotatable bonds is 8. The summed E-state index contributed by atoms with van der Waals surface area (Å²) < 4.78 is 29.6. The number of aliphatic imine (C=N–C) groups is 1. The highest BCUT2D eigenvalue weighted by molar-refractivity contribution is 14.0. The van der Waals surface area contributed by atoms with Crippen molar-refractivity contribution >= 4 is 41.8 Å². The fourth-order valence-corrected chi connectivity index (χ4v) is 4.78. The average Bonchev–Trinajstić information content (AvgIpc) is 3.44. The Labute approximate surface area is 202 Å². The normalized spacial score (nSPS) is 25.9. The molecule has 32 heavy (non-hydrogen) atoms. The predicted molar refractivity (Wildman–Crippen MR) is 126 cm³/mol. The number of hydrogen-bond donors (Lipinski definition) is 2. The molecule has 4 unspecified atom stereocenters. The number of guanidine groups is 1. The molecule has 1 aromatic carbocycles. The molecular formula is C22H27F2IN4O3. The smallest absolute Gasteiger partial charge is 0.272 e. The van der Waals surface area contributed by atoms with Gasteiger partial charge in [0.05, 0.1) is 11.8 Å². The lowest BCUT2D eigenvalue weighted by Crippen LogP contribution is -2.43. The summed E-state index contributed by atoms with van der Waals surface area (Å²) in [5, 5.41) is 6.24. The Bertz CT molecular complexity index is 881. The van der Waals surface area contributed by atoms with Gasteiger partial charge in [0.2, 0.25) is 11.8 Å². The topological polar surface area (TPSA) is 83.0 Å². The number of nitrogens with zero attached hydrogens (tertiary/aromatic N) is 2. The second kappa shape index (κ2) is 10.6. The summed E-state index contributed by atoms with van der Waals surface area (Å²) in [4.78, 5) is 30.9.